The van der Waals surface area contributed by atoms with E-state index in [1.807, 2.05) is 42.6 Å². The number of imidazole rings is 1. The van der Waals surface area contributed by atoms with Crippen LogP contribution in [-0.4, -0.2) is 31.7 Å². The second-order valence-electron chi connectivity index (χ2n) is 8.28. The number of halogens is 1. The van der Waals surface area contributed by atoms with E-state index in [9.17, 15) is 9.90 Å². The normalized spacial score (nSPS) is 20.0. The number of aromatic amines is 2. The largest absolute Gasteiger partial charge is 0.387 e. The number of para-hydroxylation sites is 1. The molecule has 6 nitrogen and oxygen atoms in total. The zero-order valence-electron chi connectivity index (χ0n) is 16.8. The third-order valence-electron chi connectivity index (χ3n) is 6.24. The lowest BCUT2D eigenvalue weighted by Gasteiger charge is -2.26. The Hall–Kier alpha value is -2.54. The zero-order valence-corrected chi connectivity index (χ0v) is 17.5. The summed E-state index contributed by atoms with van der Waals surface area (Å²) in [5.41, 5.74) is 4.61. The van der Waals surface area contributed by atoms with Gasteiger partial charge in [0.25, 0.3) is 0 Å². The minimum Gasteiger partial charge on any atom is -0.387 e. The molecule has 0 spiro atoms. The molecule has 7 heteroatoms. The van der Waals surface area contributed by atoms with Gasteiger partial charge in [-0.25, -0.2) is 4.79 Å². The second kappa shape index (κ2) is 7.61. The first-order chi connectivity index (χ1) is 14.5. The van der Waals surface area contributed by atoms with Gasteiger partial charge >= 0.3 is 5.69 Å². The molecule has 0 fully saturated rings. The first kappa shape index (κ1) is 19.4. The van der Waals surface area contributed by atoms with Crippen molar-refractivity contribution in [3.05, 3.63) is 69.2 Å². The third-order valence-corrected chi connectivity index (χ3v) is 6.46. The average molecular weight is 425 g/mol. The number of nitrogens with one attached hydrogen (secondary N) is 3. The number of hydrogen-bond donors (Lipinski definition) is 4. The van der Waals surface area contributed by atoms with Gasteiger partial charge in [-0.1, -0.05) is 23.7 Å². The molecule has 4 aromatic rings. The van der Waals surface area contributed by atoms with Crippen LogP contribution in [0.3, 0.4) is 0 Å². The molecular formula is C23H25ClN4O2. The highest BCUT2D eigenvalue weighted by atomic mass is 35.5. The van der Waals surface area contributed by atoms with Crippen molar-refractivity contribution in [2.24, 2.45) is 0 Å². The number of benzene rings is 2. The summed E-state index contributed by atoms with van der Waals surface area (Å²) >= 11 is 6.28. The summed E-state index contributed by atoms with van der Waals surface area (Å²) in [5, 5.41) is 16.6. The van der Waals surface area contributed by atoms with Gasteiger partial charge in [-0.05, 0) is 56.0 Å². The molecule has 0 saturated carbocycles. The van der Waals surface area contributed by atoms with Crippen LogP contribution in [0.15, 0.2) is 47.4 Å². The Kier molecular flexibility index (Phi) is 4.93. The van der Waals surface area contributed by atoms with Crippen LogP contribution < -0.4 is 11.0 Å². The van der Waals surface area contributed by atoms with Gasteiger partial charge in [0.05, 0.1) is 17.1 Å². The number of hydrogen-bond acceptors (Lipinski definition) is 3. The number of nitrogens with zero attached hydrogens (tertiary/aromatic N) is 1. The number of aryl methyl sites for hydroxylation is 2. The maximum Gasteiger partial charge on any atom is 0.326 e. The Morgan fingerprint density at radius 2 is 2.20 bits per heavy atom. The zero-order chi connectivity index (χ0) is 20.8. The topological polar surface area (TPSA) is 85.8 Å². The van der Waals surface area contributed by atoms with Crippen molar-refractivity contribution >= 4 is 33.5 Å². The highest BCUT2D eigenvalue weighted by Crippen LogP contribution is 2.30. The lowest BCUT2D eigenvalue weighted by atomic mass is 9.98. The SMILES string of the molecule is CC(CCc1cc(Cl)cc2cc[nH]c12)NC1CCn2c(=O)[nH]c3cccc(c32)C1O. The highest BCUT2D eigenvalue weighted by Gasteiger charge is 2.29. The summed E-state index contributed by atoms with van der Waals surface area (Å²) in [6.45, 7) is 2.72. The van der Waals surface area contributed by atoms with Crippen LogP contribution in [0.25, 0.3) is 21.9 Å². The van der Waals surface area contributed by atoms with E-state index in [1.165, 1.54) is 5.56 Å². The van der Waals surface area contributed by atoms with Crippen LogP contribution in [0, 0.1) is 0 Å². The fraction of sp³-hybridized carbons (Fsp3) is 0.348. The standard InChI is InChI=1S/C23H25ClN4O2/c1-13(5-6-14-11-16(24)12-15-7-9-25-20(14)15)26-19-8-10-28-21-17(22(19)29)3-2-4-18(21)27-23(28)30/h2-4,7,9,11-13,19,22,25-26,29H,5-6,8,10H2,1H3,(H,27,30). The van der Waals surface area contributed by atoms with Gasteiger partial charge in [0.2, 0.25) is 0 Å². The van der Waals surface area contributed by atoms with Crippen LogP contribution >= 0.6 is 11.6 Å². The summed E-state index contributed by atoms with van der Waals surface area (Å²) in [6, 6.07) is 11.8. The smallest absolute Gasteiger partial charge is 0.326 e. The molecule has 30 heavy (non-hydrogen) atoms. The van der Waals surface area contributed by atoms with Crippen molar-refractivity contribution in [2.75, 3.05) is 0 Å². The molecule has 0 aliphatic carbocycles. The molecule has 3 atom stereocenters. The van der Waals surface area contributed by atoms with Crippen molar-refractivity contribution in [1.82, 2.24) is 19.9 Å². The molecule has 0 amide bonds. The first-order valence-electron chi connectivity index (χ1n) is 10.4. The van der Waals surface area contributed by atoms with E-state index in [0.717, 1.165) is 45.4 Å². The molecule has 2 aromatic heterocycles. The van der Waals surface area contributed by atoms with Gasteiger partial charge < -0.3 is 20.4 Å². The van der Waals surface area contributed by atoms with Gasteiger partial charge in [0, 0.05) is 46.3 Å². The van der Waals surface area contributed by atoms with Crippen LogP contribution in [0.2, 0.25) is 5.02 Å². The van der Waals surface area contributed by atoms with E-state index in [-0.39, 0.29) is 17.8 Å². The number of H-pyrrole nitrogens is 2. The maximum absolute atomic E-state index is 12.3. The van der Waals surface area contributed by atoms with E-state index < -0.39 is 6.10 Å². The summed E-state index contributed by atoms with van der Waals surface area (Å²) in [4.78, 5) is 18.5. The number of aliphatic hydroxyl groups is 1. The van der Waals surface area contributed by atoms with Crippen LogP contribution in [0.1, 0.15) is 37.0 Å². The number of aliphatic hydroxyl groups excluding tert-OH is 1. The Bertz CT molecular complexity index is 1270. The first-order valence-corrected chi connectivity index (χ1v) is 10.8. The van der Waals surface area contributed by atoms with Crippen molar-refractivity contribution in [2.45, 2.75) is 50.9 Å². The molecule has 156 valence electrons. The van der Waals surface area contributed by atoms with Gasteiger partial charge in [0.15, 0.2) is 0 Å². The lowest BCUT2D eigenvalue weighted by Crippen LogP contribution is -2.41. The molecule has 0 saturated heterocycles. The maximum atomic E-state index is 12.3. The Balaban J connectivity index is 1.32. The lowest BCUT2D eigenvalue weighted by molar-refractivity contribution is 0.119. The highest BCUT2D eigenvalue weighted by molar-refractivity contribution is 6.31. The van der Waals surface area contributed by atoms with Crippen LogP contribution in [-0.2, 0) is 13.0 Å². The van der Waals surface area contributed by atoms with Crippen LogP contribution in [0.5, 0.6) is 0 Å². The second-order valence-corrected chi connectivity index (χ2v) is 8.71. The molecule has 3 unspecified atom stereocenters. The number of fused-ring (bicyclic) bond motifs is 1. The Labute approximate surface area is 178 Å². The van der Waals surface area contributed by atoms with Crippen molar-refractivity contribution in [3.63, 3.8) is 0 Å². The van der Waals surface area contributed by atoms with E-state index in [1.54, 1.807) is 4.57 Å². The van der Waals surface area contributed by atoms with Gasteiger partial charge in [-0.3, -0.25) is 4.57 Å². The summed E-state index contributed by atoms with van der Waals surface area (Å²) in [7, 11) is 0. The quantitative estimate of drug-likeness (QED) is 0.392. The van der Waals surface area contributed by atoms with Crippen molar-refractivity contribution < 1.29 is 5.11 Å². The number of aromatic nitrogens is 3. The predicted octanol–water partition coefficient (Wildman–Crippen LogP) is 3.88. The molecule has 4 N–H and O–H groups in total. The molecule has 0 radical (unpaired) electrons. The fourth-order valence-corrected chi connectivity index (χ4v) is 4.99. The van der Waals surface area contributed by atoms with Crippen LogP contribution in [0.4, 0.5) is 0 Å². The number of rotatable bonds is 5. The molecule has 0 bridgehead atoms. The van der Waals surface area contributed by atoms with Gasteiger partial charge in [-0.15, -0.1) is 0 Å². The van der Waals surface area contributed by atoms with Crippen molar-refractivity contribution in [3.8, 4) is 0 Å². The Morgan fingerprint density at radius 1 is 1.33 bits per heavy atom. The van der Waals surface area contributed by atoms with Gasteiger partial charge in [-0.2, -0.15) is 0 Å². The predicted molar refractivity (Wildman–Crippen MR) is 120 cm³/mol. The van der Waals surface area contributed by atoms with E-state index in [0.29, 0.717) is 13.0 Å². The Morgan fingerprint density at radius 3 is 3.07 bits per heavy atom. The van der Waals surface area contributed by atoms with E-state index >= 15 is 0 Å². The molecule has 3 heterocycles. The molecule has 5 rings (SSSR count). The minimum atomic E-state index is -0.665. The van der Waals surface area contributed by atoms with Crippen molar-refractivity contribution in [1.29, 1.82) is 0 Å². The molecular weight excluding hydrogens is 400 g/mol. The fourth-order valence-electron chi connectivity index (χ4n) is 4.74. The third kappa shape index (κ3) is 3.35. The molecule has 1 aliphatic heterocycles. The molecule has 1 aliphatic rings. The summed E-state index contributed by atoms with van der Waals surface area (Å²) in [5.74, 6) is 0. The monoisotopic (exact) mass is 424 g/mol. The van der Waals surface area contributed by atoms with E-state index in [4.69, 9.17) is 11.6 Å². The van der Waals surface area contributed by atoms with E-state index in [2.05, 4.69) is 22.2 Å². The average Bonchev–Trinajstić information content (AvgIpc) is 3.28. The summed E-state index contributed by atoms with van der Waals surface area (Å²) in [6.07, 6.45) is 3.75. The summed E-state index contributed by atoms with van der Waals surface area (Å²) < 4.78 is 1.74. The van der Waals surface area contributed by atoms with Gasteiger partial charge in [0.1, 0.15) is 0 Å². The molecule has 2 aromatic carbocycles. The minimum absolute atomic E-state index is 0.116.